The first kappa shape index (κ1) is 19.0. The van der Waals surface area contributed by atoms with Gasteiger partial charge in [0.05, 0.1) is 0 Å². The monoisotopic (exact) mass is 340 g/mol. The predicted molar refractivity (Wildman–Crippen MR) is 110 cm³/mol. The van der Waals surface area contributed by atoms with Crippen LogP contribution in [0, 0.1) is 11.8 Å². The van der Waals surface area contributed by atoms with E-state index in [4.69, 9.17) is 0 Å². The molecule has 0 saturated heterocycles. The maximum absolute atomic E-state index is 2.49. The van der Waals surface area contributed by atoms with Crippen molar-refractivity contribution in [3.8, 4) is 0 Å². The number of hydrogen-bond donors (Lipinski definition) is 0. The zero-order chi connectivity index (χ0) is 17.4. The summed E-state index contributed by atoms with van der Waals surface area (Å²) >= 11 is 0. The second-order valence-electron chi connectivity index (χ2n) is 8.89. The Morgan fingerprint density at radius 3 is 1.80 bits per heavy atom. The highest BCUT2D eigenvalue weighted by Gasteiger charge is 2.46. The van der Waals surface area contributed by atoms with Gasteiger partial charge in [-0.1, -0.05) is 101 Å². The second-order valence-corrected chi connectivity index (χ2v) is 8.89. The van der Waals surface area contributed by atoms with Crippen LogP contribution in [0.5, 0.6) is 0 Å². The molecule has 1 aromatic rings. The summed E-state index contributed by atoms with van der Waals surface area (Å²) in [7, 11) is 0. The van der Waals surface area contributed by atoms with Crippen molar-refractivity contribution in [1.82, 2.24) is 0 Å². The van der Waals surface area contributed by atoms with Crippen LogP contribution in [0.3, 0.4) is 0 Å². The molecule has 0 spiro atoms. The van der Waals surface area contributed by atoms with Crippen molar-refractivity contribution in [2.24, 2.45) is 11.8 Å². The minimum Gasteiger partial charge on any atom is -0.0654 e. The number of hydrogen-bond acceptors (Lipinski definition) is 0. The molecule has 0 nitrogen and oxygen atoms in total. The Kier molecular flexibility index (Phi) is 7.44. The molecule has 0 N–H and O–H groups in total. The molecule has 0 heterocycles. The van der Waals surface area contributed by atoms with Gasteiger partial charge in [0.2, 0.25) is 0 Å². The lowest BCUT2D eigenvalue weighted by molar-refractivity contribution is 0.0867. The van der Waals surface area contributed by atoms with Crippen LogP contribution in [0.4, 0.5) is 0 Å². The lowest BCUT2D eigenvalue weighted by atomic mass is 9.54. The van der Waals surface area contributed by atoms with Crippen molar-refractivity contribution in [3.05, 3.63) is 35.9 Å². The highest BCUT2D eigenvalue weighted by Crippen LogP contribution is 2.53. The third kappa shape index (κ3) is 4.50. The van der Waals surface area contributed by atoms with Crippen LogP contribution in [0.1, 0.15) is 109 Å². The minimum absolute atomic E-state index is 0.482. The van der Waals surface area contributed by atoms with Crippen molar-refractivity contribution >= 4 is 0 Å². The van der Waals surface area contributed by atoms with Crippen LogP contribution in [-0.4, -0.2) is 0 Å². The van der Waals surface area contributed by atoms with Crippen LogP contribution in [-0.2, 0) is 5.41 Å². The maximum Gasteiger partial charge on any atom is 0.000945 e. The molecule has 0 unspecified atom stereocenters. The largest absolute Gasteiger partial charge is 0.0654 e. The van der Waals surface area contributed by atoms with Crippen molar-refractivity contribution < 1.29 is 0 Å². The van der Waals surface area contributed by atoms with Gasteiger partial charge in [0.15, 0.2) is 0 Å². The predicted octanol–water partition coefficient (Wildman–Crippen LogP) is 8.06. The van der Waals surface area contributed by atoms with Crippen LogP contribution in [0.15, 0.2) is 30.3 Å². The standard InChI is InChI=1S/C25H40/c1-2-3-4-14-21-25(22-15-8-5-9-16-22,23-17-10-6-11-18-23)24-19-12-7-13-20-24/h5,8-9,15-16,23-24H,2-4,6-7,10-14,17-21H2,1H3. The van der Waals surface area contributed by atoms with Gasteiger partial charge in [0.1, 0.15) is 0 Å². The molecule has 0 aromatic heterocycles. The minimum atomic E-state index is 0.482. The molecule has 2 aliphatic rings. The Morgan fingerprint density at radius 1 is 0.720 bits per heavy atom. The van der Waals surface area contributed by atoms with E-state index < -0.39 is 0 Å². The summed E-state index contributed by atoms with van der Waals surface area (Å²) in [5.74, 6) is 1.88. The average molecular weight is 341 g/mol. The fourth-order valence-corrected chi connectivity index (χ4v) is 6.19. The van der Waals surface area contributed by atoms with Gasteiger partial charge in [-0.3, -0.25) is 0 Å². The summed E-state index contributed by atoms with van der Waals surface area (Å²) in [5.41, 5.74) is 2.18. The summed E-state index contributed by atoms with van der Waals surface area (Å²) in [6.07, 6.45) is 21.9. The molecule has 3 rings (SSSR count). The lowest BCUT2D eigenvalue weighted by Gasteiger charge is -2.50. The van der Waals surface area contributed by atoms with Gasteiger partial charge in [0.25, 0.3) is 0 Å². The lowest BCUT2D eigenvalue weighted by Crippen LogP contribution is -2.44. The molecule has 25 heavy (non-hydrogen) atoms. The molecule has 0 aliphatic heterocycles. The van der Waals surface area contributed by atoms with Gasteiger partial charge >= 0.3 is 0 Å². The fourth-order valence-electron chi connectivity index (χ4n) is 6.19. The van der Waals surface area contributed by atoms with Crippen LogP contribution in [0.25, 0.3) is 0 Å². The van der Waals surface area contributed by atoms with E-state index in [1.54, 1.807) is 5.56 Å². The zero-order valence-electron chi connectivity index (χ0n) is 16.6. The zero-order valence-corrected chi connectivity index (χ0v) is 16.6. The van der Waals surface area contributed by atoms with Crippen molar-refractivity contribution in [2.75, 3.05) is 0 Å². The van der Waals surface area contributed by atoms with E-state index in [-0.39, 0.29) is 0 Å². The van der Waals surface area contributed by atoms with E-state index >= 15 is 0 Å². The van der Waals surface area contributed by atoms with E-state index in [0.29, 0.717) is 5.41 Å². The van der Waals surface area contributed by atoms with Gasteiger partial charge in [-0.05, 0) is 49.5 Å². The molecule has 0 radical (unpaired) electrons. The molecular weight excluding hydrogens is 300 g/mol. The summed E-state index contributed by atoms with van der Waals surface area (Å²) < 4.78 is 0. The van der Waals surface area contributed by atoms with Gasteiger partial charge in [-0.15, -0.1) is 0 Å². The van der Waals surface area contributed by atoms with Crippen molar-refractivity contribution in [2.45, 2.75) is 109 Å². The smallest absolute Gasteiger partial charge is 0.000945 e. The van der Waals surface area contributed by atoms with Crippen molar-refractivity contribution in [1.29, 1.82) is 0 Å². The Labute approximate surface area is 156 Å². The SMILES string of the molecule is CCCCCCC(c1ccccc1)(C1CCCCC1)C1CCCCC1. The number of benzene rings is 1. The Hall–Kier alpha value is -0.780. The van der Waals surface area contributed by atoms with Crippen LogP contribution < -0.4 is 0 Å². The molecule has 0 heteroatoms. The van der Waals surface area contributed by atoms with Gasteiger partial charge < -0.3 is 0 Å². The van der Waals surface area contributed by atoms with E-state index in [0.717, 1.165) is 11.8 Å². The molecule has 2 saturated carbocycles. The molecule has 2 aliphatic carbocycles. The van der Waals surface area contributed by atoms with Gasteiger partial charge in [0, 0.05) is 5.41 Å². The normalized spacial score (nSPS) is 20.7. The number of unbranched alkanes of at least 4 members (excludes halogenated alkanes) is 3. The molecule has 1 aromatic carbocycles. The highest BCUT2D eigenvalue weighted by molar-refractivity contribution is 5.28. The summed E-state index contributed by atoms with van der Waals surface area (Å²) in [6.45, 7) is 2.34. The molecule has 0 atom stereocenters. The molecular formula is C25H40. The highest BCUT2D eigenvalue weighted by atomic mass is 14.5. The Bertz CT molecular complexity index is 444. The maximum atomic E-state index is 2.49. The average Bonchev–Trinajstić information content (AvgIpc) is 2.70. The topological polar surface area (TPSA) is 0 Å². The van der Waals surface area contributed by atoms with Crippen LogP contribution >= 0.6 is 0 Å². The molecule has 0 amide bonds. The first-order valence-corrected chi connectivity index (χ1v) is 11.4. The third-order valence-electron chi connectivity index (χ3n) is 7.42. The van der Waals surface area contributed by atoms with E-state index in [1.165, 1.54) is 96.3 Å². The summed E-state index contributed by atoms with van der Waals surface area (Å²) in [6, 6.07) is 11.8. The van der Waals surface area contributed by atoms with E-state index in [2.05, 4.69) is 37.3 Å². The Morgan fingerprint density at radius 2 is 1.28 bits per heavy atom. The van der Waals surface area contributed by atoms with Gasteiger partial charge in [-0.2, -0.15) is 0 Å². The van der Waals surface area contributed by atoms with Crippen LogP contribution in [0.2, 0.25) is 0 Å². The number of rotatable bonds is 8. The fraction of sp³-hybridized carbons (Fsp3) is 0.760. The first-order valence-electron chi connectivity index (χ1n) is 11.4. The summed E-state index contributed by atoms with van der Waals surface area (Å²) in [5, 5.41) is 0. The van der Waals surface area contributed by atoms with E-state index in [1.807, 2.05) is 0 Å². The third-order valence-corrected chi connectivity index (χ3v) is 7.42. The molecule has 0 bridgehead atoms. The van der Waals surface area contributed by atoms with E-state index in [9.17, 15) is 0 Å². The second kappa shape index (κ2) is 9.79. The summed E-state index contributed by atoms with van der Waals surface area (Å²) in [4.78, 5) is 0. The van der Waals surface area contributed by atoms with Crippen molar-refractivity contribution in [3.63, 3.8) is 0 Å². The molecule has 2 fully saturated rings. The first-order chi connectivity index (χ1) is 12.4. The molecule has 140 valence electrons. The quantitative estimate of drug-likeness (QED) is 0.420. The van der Waals surface area contributed by atoms with Gasteiger partial charge in [-0.25, -0.2) is 0 Å². The Balaban J connectivity index is 1.92.